The maximum absolute atomic E-state index is 14.5. The summed E-state index contributed by atoms with van der Waals surface area (Å²) in [5, 5.41) is 21.5. The average molecular weight is 842 g/mol. The molecule has 16 heteroatoms. The maximum Gasteiger partial charge on any atom is 0.245 e. The lowest BCUT2D eigenvalue weighted by molar-refractivity contribution is -0.147. The summed E-state index contributed by atoms with van der Waals surface area (Å²) in [6.45, 7) is 6.31. The number of aromatic nitrogens is 1. The van der Waals surface area contributed by atoms with Crippen LogP contribution in [0.3, 0.4) is 0 Å². The van der Waals surface area contributed by atoms with Gasteiger partial charge in [0.1, 0.15) is 30.2 Å². The molecule has 6 amide bonds. The van der Waals surface area contributed by atoms with Gasteiger partial charge in [-0.1, -0.05) is 46.0 Å². The summed E-state index contributed by atoms with van der Waals surface area (Å²) in [4.78, 5) is 103. The van der Waals surface area contributed by atoms with E-state index < -0.39 is 65.8 Å². The SMILES string of the molecule is CCCNC(=O)[C@@H](NC(=O)[C@@H]1CCCN1C(=O)[C@H](CCSC)NC(=O)[C@@H]1CCCCN1C(=O)[C@H](CCC(=O)c1ccncc1)NC(=O)C[C@H](C)C1CCCCC1)C(C)O. The van der Waals surface area contributed by atoms with Crippen molar-refractivity contribution in [1.82, 2.24) is 36.1 Å². The van der Waals surface area contributed by atoms with Crippen molar-refractivity contribution in [3.8, 4) is 0 Å². The minimum Gasteiger partial charge on any atom is -0.391 e. The van der Waals surface area contributed by atoms with Gasteiger partial charge in [0.15, 0.2) is 5.78 Å². The molecule has 0 aromatic carbocycles. The largest absolute Gasteiger partial charge is 0.391 e. The van der Waals surface area contributed by atoms with E-state index in [9.17, 15) is 38.7 Å². The van der Waals surface area contributed by atoms with Gasteiger partial charge in [0.05, 0.1) is 6.10 Å². The van der Waals surface area contributed by atoms with Crippen LogP contribution in [0.15, 0.2) is 24.5 Å². The summed E-state index contributed by atoms with van der Waals surface area (Å²) in [6, 6.07) is -1.81. The number of piperidine rings is 1. The van der Waals surface area contributed by atoms with Crippen molar-refractivity contribution in [2.24, 2.45) is 11.8 Å². The third kappa shape index (κ3) is 14.0. The molecule has 0 spiro atoms. The van der Waals surface area contributed by atoms with Crippen LogP contribution in [-0.2, 0) is 28.8 Å². The van der Waals surface area contributed by atoms with E-state index in [0.29, 0.717) is 62.3 Å². The first-order chi connectivity index (χ1) is 28.4. The number of Topliss-reactive ketones (excluding diaryl/α,β-unsaturated/α-hetero) is 1. The van der Waals surface area contributed by atoms with Crippen LogP contribution in [0, 0.1) is 11.8 Å². The van der Waals surface area contributed by atoms with E-state index in [0.717, 1.165) is 25.7 Å². The van der Waals surface area contributed by atoms with Gasteiger partial charge in [-0.15, -0.1) is 0 Å². The number of nitrogens with one attached hydrogen (secondary N) is 4. The van der Waals surface area contributed by atoms with Gasteiger partial charge in [0.25, 0.3) is 0 Å². The van der Waals surface area contributed by atoms with Crippen LogP contribution >= 0.6 is 11.8 Å². The third-order valence-electron chi connectivity index (χ3n) is 12.0. The number of carbonyl (C=O) groups is 7. The lowest BCUT2D eigenvalue weighted by Crippen LogP contribution is -2.61. The van der Waals surface area contributed by atoms with Crippen molar-refractivity contribution in [2.45, 2.75) is 153 Å². The molecule has 3 heterocycles. The monoisotopic (exact) mass is 841 g/mol. The van der Waals surface area contributed by atoms with Crippen LogP contribution in [0.25, 0.3) is 0 Å². The Morgan fingerprint density at radius 1 is 0.797 bits per heavy atom. The molecule has 15 nitrogen and oxygen atoms in total. The number of aliphatic hydroxyl groups is 1. The lowest BCUT2D eigenvalue weighted by Gasteiger charge is -2.38. The van der Waals surface area contributed by atoms with E-state index in [2.05, 4.69) is 33.2 Å². The Bertz CT molecular complexity index is 1580. The molecular weight excluding hydrogens is 775 g/mol. The smallest absolute Gasteiger partial charge is 0.245 e. The Labute approximate surface area is 353 Å². The fourth-order valence-corrected chi connectivity index (χ4v) is 9.05. The van der Waals surface area contributed by atoms with Gasteiger partial charge in [-0.05, 0) is 94.3 Å². The number of pyridine rings is 1. The van der Waals surface area contributed by atoms with Gasteiger partial charge in [0, 0.05) is 50.4 Å². The van der Waals surface area contributed by atoms with Gasteiger partial charge in [-0.25, -0.2) is 0 Å². The van der Waals surface area contributed by atoms with Crippen LogP contribution in [0.5, 0.6) is 0 Å². The number of amides is 6. The summed E-state index contributed by atoms with van der Waals surface area (Å²) < 4.78 is 0. The maximum atomic E-state index is 14.5. The number of hydrogen-bond donors (Lipinski definition) is 5. The van der Waals surface area contributed by atoms with E-state index in [4.69, 9.17) is 0 Å². The first-order valence-corrected chi connectivity index (χ1v) is 23.1. The molecule has 1 unspecified atom stereocenters. The number of ketones is 1. The number of aliphatic hydroxyl groups excluding tert-OH is 1. The normalized spacial score (nSPS) is 21.0. The minimum atomic E-state index is -1.20. The molecule has 2 aliphatic heterocycles. The van der Waals surface area contributed by atoms with Gasteiger partial charge in [0.2, 0.25) is 35.4 Å². The van der Waals surface area contributed by atoms with Gasteiger partial charge < -0.3 is 36.2 Å². The summed E-state index contributed by atoms with van der Waals surface area (Å²) in [5.74, 6) is -1.78. The zero-order valence-corrected chi connectivity index (χ0v) is 36.2. The fourth-order valence-electron chi connectivity index (χ4n) is 8.58. The Hall–Kier alpha value is -4.05. The number of hydrogen-bond acceptors (Lipinski definition) is 10. The van der Waals surface area contributed by atoms with E-state index in [1.165, 1.54) is 47.3 Å². The molecule has 0 bridgehead atoms. The second kappa shape index (κ2) is 24.3. The molecule has 1 aromatic heterocycles. The second-order valence-electron chi connectivity index (χ2n) is 16.5. The summed E-state index contributed by atoms with van der Waals surface area (Å²) in [7, 11) is 0. The highest BCUT2D eigenvalue weighted by atomic mass is 32.2. The highest BCUT2D eigenvalue weighted by Gasteiger charge is 2.42. The number of carbonyl (C=O) groups excluding carboxylic acids is 7. The summed E-state index contributed by atoms with van der Waals surface area (Å²) >= 11 is 1.51. The van der Waals surface area contributed by atoms with E-state index in [1.54, 1.807) is 12.1 Å². The average Bonchev–Trinajstić information content (AvgIpc) is 3.75. The van der Waals surface area contributed by atoms with Gasteiger partial charge >= 0.3 is 0 Å². The van der Waals surface area contributed by atoms with Crippen molar-refractivity contribution >= 4 is 53.0 Å². The molecule has 1 aliphatic carbocycles. The fraction of sp³-hybridized carbons (Fsp3) is 0.721. The first kappa shape index (κ1) is 47.6. The number of nitrogens with zero attached hydrogens (tertiary/aromatic N) is 3. The van der Waals surface area contributed by atoms with Crippen molar-refractivity contribution in [1.29, 1.82) is 0 Å². The molecular formula is C43H67N7O8S. The lowest BCUT2D eigenvalue weighted by atomic mass is 9.79. The minimum absolute atomic E-state index is 0.000790. The second-order valence-corrected chi connectivity index (χ2v) is 17.5. The van der Waals surface area contributed by atoms with Gasteiger partial charge in [-0.2, -0.15) is 11.8 Å². The molecule has 5 N–H and O–H groups in total. The number of thioether (sulfide) groups is 1. The van der Waals surface area contributed by atoms with Crippen LogP contribution in [0.2, 0.25) is 0 Å². The molecule has 2 saturated heterocycles. The molecule has 3 aliphatic rings. The summed E-state index contributed by atoms with van der Waals surface area (Å²) in [5.41, 5.74) is 0.456. The highest BCUT2D eigenvalue weighted by molar-refractivity contribution is 7.98. The number of likely N-dealkylation sites (tertiary alicyclic amines) is 2. The molecule has 3 fully saturated rings. The zero-order valence-electron chi connectivity index (χ0n) is 35.4. The quantitative estimate of drug-likeness (QED) is 0.114. The number of rotatable bonds is 21. The van der Waals surface area contributed by atoms with Crippen molar-refractivity contribution in [3.63, 3.8) is 0 Å². The Morgan fingerprint density at radius 2 is 1.39 bits per heavy atom. The van der Waals surface area contributed by atoms with Crippen molar-refractivity contribution < 1.29 is 38.7 Å². The Kier molecular flexibility index (Phi) is 19.6. The van der Waals surface area contributed by atoms with Crippen LogP contribution in [0.4, 0.5) is 0 Å². The topological polar surface area (TPSA) is 207 Å². The predicted octanol–water partition coefficient (Wildman–Crippen LogP) is 3.14. The Balaban J connectivity index is 1.49. The van der Waals surface area contributed by atoms with Crippen LogP contribution in [0.1, 0.15) is 127 Å². The zero-order chi connectivity index (χ0) is 42.9. The first-order valence-electron chi connectivity index (χ1n) is 21.7. The van der Waals surface area contributed by atoms with Gasteiger partial charge in [-0.3, -0.25) is 38.5 Å². The molecule has 59 heavy (non-hydrogen) atoms. The molecule has 4 rings (SSSR count). The summed E-state index contributed by atoms with van der Waals surface area (Å²) in [6.07, 6.45) is 13.3. The molecule has 1 saturated carbocycles. The van der Waals surface area contributed by atoms with Crippen molar-refractivity contribution in [3.05, 3.63) is 30.1 Å². The molecule has 0 radical (unpaired) electrons. The molecule has 328 valence electrons. The molecule has 1 aromatic rings. The third-order valence-corrected chi connectivity index (χ3v) is 12.7. The molecule has 7 atom stereocenters. The van der Waals surface area contributed by atoms with E-state index in [1.807, 2.05) is 13.2 Å². The van der Waals surface area contributed by atoms with Crippen LogP contribution in [-0.4, -0.2) is 129 Å². The van der Waals surface area contributed by atoms with Crippen molar-refractivity contribution in [2.75, 3.05) is 31.6 Å². The standard InChI is InChI=1S/C43H67N7O8S/c1-5-21-45-41(56)38(29(3)51)48-40(55)35-15-11-25-50(35)43(58)33(20-26-59-4)47-39(54)34-14-9-10-24-49(34)42(57)32(16-17-36(52)31-18-22-44-23-19-31)46-37(53)27-28(2)30-12-7-6-8-13-30/h18-19,22-23,28-30,32-35,38,51H,5-17,20-21,24-27H2,1-4H3,(H,45,56)(H,46,53)(H,47,54)(H,48,55)/t28-,29?,32-,33-,34-,35-,38-/m0/s1. The van der Waals surface area contributed by atoms with E-state index >= 15 is 0 Å². The van der Waals surface area contributed by atoms with E-state index in [-0.39, 0.29) is 56.4 Å². The van der Waals surface area contributed by atoms with Crippen LogP contribution < -0.4 is 21.3 Å². The predicted molar refractivity (Wildman–Crippen MR) is 226 cm³/mol. The highest BCUT2D eigenvalue weighted by Crippen LogP contribution is 2.31. The Morgan fingerprint density at radius 3 is 2.02 bits per heavy atom.